The number of amides is 1. The fourth-order valence-electron chi connectivity index (χ4n) is 5.24. The molecule has 1 aromatic heterocycles. The molecule has 0 bridgehead atoms. The number of nitrogens with zero attached hydrogens (tertiary/aromatic N) is 1. The molecule has 0 spiro atoms. The third-order valence-corrected chi connectivity index (χ3v) is 6.92. The van der Waals surface area contributed by atoms with Crippen LogP contribution in [-0.2, 0) is 17.6 Å². The zero-order chi connectivity index (χ0) is 21.2. The number of carbonyl (C=O) groups excluding carboxylic acids is 1. The fourth-order valence-corrected chi connectivity index (χ4v) is 5.24. The number of ether oxygens (including phenoxy) is 2. The van der Waals surface area contributed by atoms with E-state index in [-0.39, 0.29) is 12.1 Å². The summed E-state index contributed by atoms with van der Waals surface area (Å²) < 4.78 is 12.0. The van der Waals surface area contributed by atoms with Crippen molar-refractivity contribution in [1.29, 1.82) is 0 Å². The Hall–Kier alpha value is -2.95. The average Bonchev–Trinajstić information content (AvgIpc) is 3.47. The molecule has 162 valence electrons. The van der Waals surface area contributed by atoms with Gasteiger partial charge in [-0.2, -0.15) is 0 Å². The standard InChI is InChI=1S/C26H30N2O3/c1-30-25-14-18-12-13-28(17-29)24(22(18)15-26(25)31-20-6-2-3-7-20)11-10-19-16-27-23-9-5-4-8-21(19)23/h4-5,8-9,14-17,20,24,27H,2-3,6-7,10-13H2,1H3/t24-/m0/s1. The van der Waals surface area contributed by atoms with Gasteiger partial charge in [0.1, 0.15) is 0 Å². The molecule has 0 unspecified atom stereocenters. The van der Waals surface area contributed by atoms with E-state index in [2.05, 4.69) is 41.5 Å². The van der Waals surface area contributed by atoms with Crippen LogP contribution < -0.4 is 9.47 Å². The van der Waals surface area contributed by atoms with E-state index < -0.39 is 0 Å². The Morgan fingerprint density at radius 2 is 2.00 bits per heavy atom. The van der Waals surface area contributed by atoms with Crippen molar-refractivity contribution >= 4 is 17.3 Å². The smallest absolute Gasteiger partial charge is 0.210 e. The van der Waals surface area contributed by atoms with Crippen molar-refractivity contribution in [3.05, 3.63) is 59.3 Å². The first-order valence-corrected chi connectivity index (χ1v) is 11.4. The molecular weight excluding hydrogens is 388 g/mol. The number of para-hydroxylation sites is 1. The number of rotatable bonds is 7. The Balaban J connectivity index is 1.44. The molecule has 2 heterocycles. The number of H-pyrrole nitrogens is 1. The lowest BCUT2D eigenvalue weighted by molar-refractivity contribution is -0.120. The van der Waals surface area contributed by atoms with Crippen molar-refractivity contribution in [2.24, 2.45) is 0 Å². The lowest BCUT2D eigenvalue weighted by atomic mass is 9.88. The zero-order valence-corrected chi connectivity index (χ0v) is 18.1. The summed E-state index contributed by atoms with van der Waals surface area (Å²) in [4.78, 5) is 17.2. The first kappa shape index (κ1) is 20.0. The highest BCUT2D eigenvalue weighted by Gasteiger charge is 2.29. The number of aromatic nitrogens is 1. The maximum atomic E-state index is 11.9. The molecular formula is C26H30N2O3. The van der Waals surface area contributed by atoms with E-state index in [1.807, 2.05) is 11.0 Å². The van der Waals surface area contributed by atoms with Crippen molar-refractivity contribution in [3.63, 3.8) is 0 Å². The summed E-state index contributed by atoms with van der Waals surface area (Å²) in [6, 6.07) is 12.7. The van der Waals surface area contributed by atoms with Gasteiger partial charge < -0.3 is 19.4 Å². The predicted octanol–water partition coefficient (Wildman–Crippen LogP) is 5.19. The van der Waals surface area contributed by atoms with Crippen LogP contribution in [-0.4, -0.2) is 36.1 Å². The van der Waals surface area contributed by atoms with Crippen molar-refractivity contribution in [3.8, 4) is 11.5 Å². The van der Waals surface area contributed by atoms with Crippen LogP contribution in [0.25, 0.3) is 10.9 Å². The predicted molar refractivity (Wildman–Crippen MR) is 122 cm³/mol. The third-order valence-electron chi connectivity index (χ3n) is 6.92. The molecule has 1 amide bonds. The topological polar surface area (TPSA) is 54.6 Å². The van der Waals surface area contributed by atoms with Crippen LogP contribution in [0.2, 0.25) is 0 Å². The van der Waals surface area contributed by atoms with E-state index in [9.17, 15) is 4.79 Å². The molecule has 31 heavy (non-hydrogen) atoms. The van der Waals surface area contributed by atoms with E-state index in [4.69, 9.17) is 9.47 Å². The summed E-state index contributed by atoms with van der Waals surface area (Å²) in [5.74, 6) is 1.62. The van der Waals surface area contributed by atoms with Crippen molar-refractivity contribution in [2.75, 3.05) is 13.7 Å². The Morgan fingerprint density at radius 3 is 2.81 bits per heavy atom. The molecule has 1 saturated carbocycles. The van der Waals surface area contributed by atoms with Gasteiger partial charge in [0.15, 0.2) is 11.5 Å². The van der Waals surface area contributed by atoms with Crippen molar-refractivity contribution in [2.45, 2.75) is 57.1 Å². The lowest BCUT2D eigenvalue weighted by Crippen LogP contribution is -2.34. The summed E-state index contributed by atoms with van der Waals surface area (Å²) in [6.07, 6.45) is 10.7. The van der Waals surface area contributed by atoms with E-state index in [1.54, 1.807) is 7.11 Å². The van der Waals surface area contributed by atoms with Gasteiger partial charge in [0.25, 0.3) is 0 Å². The minimum Gasteiger partial charge on any atom is -0.493 e. The normalized spacial score (nSPS) is 18.9. The molecule has 1 N–H and O–H groups in total. The molecule has 2 aromatic carbocycles. The highest BCUT2D eigenvalue weighted by atomic mass is 16.5. The van der Waals surface area contributed by atoms with E-state index in [0.717, 1.165) is 62.1 Å². The third kappa shape index (κ3) is 3.89. The van der Waals surface area contributed by atoms with Gasteiger partial charge >= 0.3 is 0 Å². The molecule has 1 aliphatic carbocycles. The molecule has 1 atom stereocenters. The highest BCUT2D eigenvalue weighted by Crippen LogP contribution is 2.41. The molecule has 5 nitrogen and oxygen atoms in total. The van der Waals surface area contributed by atoms with Crippen LogP contribution in [0.5, 0.6) is 11.5 Å². The number of methoxy groups -OCH3 is 1. The number of hydrogen-bond donors (Lipinski definition) is 1. The second kappa shape index (κ2) is 8.66. The summed E-state index contributed by atoms with van der Waals surface area (Å²) in [5, 5.41) is 1.26. The van der Waals surface area contributed by atoms with E-state index in [0.29, 0.717) is 0 Å². The molecule has 0 radical (unpaired) electrons. The van der Waals surface area contributed by atoms with Crippen molar-refractivity contribution in [1.82, 2.24) is 9.88 Å². The molecule has 2 aliphatic rings. The van der Waals surface area contributed by atoms with Crippen LogP contribution in [0, 0.1) is 0 Å². The number of nitrogens with one attached hydrogen (secondary N) is 1. The van der Waals surface area contributed by atoms with Gasteiger partial charge in [-0.25, -0.2) is 0 Å². The van der Waals surface area contributed by atoms with Crippen LogP contribution in [0.3, 0.4) is 0 Å². The molecule has 0 saturated heterocycles. The van der Waals surface area contributed by atoms with Gasteiger partial charge in [-0.3, -0.25) is 4.79 Å². The molecule has 1 fully saturated rings. The monoisotopic (exact) mass is 418 g/mol. The lowest BCUT2D eigenvalue weighted by Gasteiger charge is -2.35. The zero-order valence-electron chi connectivity index (χ0n) is 18.1. The first-order valence-electron chi connectivity index (χ1n) is 11.4. The summed E-state index contributed by atoms with van der Waals surface area (Å²) in [5.41, 5.74) is 4.92. The van der Waals surface area contributed by atoms with Crippen LogP contribution in [0.4, 0.5) is 0 Å². The first-order chi connectivity index (χ1) is 15.3. The van der Waals surface area contributed by atoms with Gasteiger partial charge in [0, 0.05) is 23.6 Å². The van der Waals surface area contributed by atoms with Gasteiger partial charge in [-0.15, -0.1) is 0 Å². The summed E-state index contributed by atoms with van der Waals surface area (Å²) in [6.45, 7) is 0.737. The average molecular weight is 419 g/mol. The molecule has 3 aromatic rings. The minimum absolute atomic E-state index is 0.0479. The summed E-state index contributed by atoms with van der Waals surface area (Å²) >= 11 is 0. The Morgan fingerprint density at radius 1 is 1.16 bits per heavy atom. The van der Waals surface area contributed by atoms with E-state index >= 15 is 0 Å². The van der Waals surface area contributed by atoms with Gasteiger partial charge in [-0.05, 0) is 79.8 Å². The maximum absolute atomic E-state index is 11.9. The molecule has 1 aliphatic heterocycles. The SMILES string of the molecule is COc1cc2c(cc1OC1CCCC1)[C@H](CCc1c[nH]c3ccccc13)N(C=O)CC2. The molecule has 5 rings (SSSR count). The van der Waals surface area contributed by atoms with Crippen LogP contribution in [0.15, 0.2) is 42.6 Å². The van der Waals surface area contributed by atoms with E-state index in [1.165, 1.54) is 34.9 Å². The van der Waals surface area contributed by atoms with Gasteiger partial charge in [0.05, 0.1) is 19.3 Å². The number of benzene rings is 2. The number of aryl methyl sites for hydroxylation is 1. The largest absolute Gasteiger partial charge is 0.493 e. The minimum atomic E-state index is 0.0479. The quantitative estimate of drug-likeness (QED) is 0.538. The Labute approximate surface area is 183 Å². The molecule has 5 heteroatoms. The Kier molecular flexibility index (Phi) is 5.58. The highest BCUT2D eigenvalue weighted by molar-refractivity contribution is 5.83. The number of carbonyl (C=O) groups is 1. The van der Waals surface area contributed by atoms with Gasteiger partial charge in [0.2, 0.25) is 6.41 Å². The maximum Gasteiger partial charge on any atom is 0.210 e. The van der Waals surface area contributed by atoms with Crippen LogP contribution >= 0.6 is 0 Å². The number of aromatic amines is 1. The van der Waals surface area contributed by atoms with Crippen molar-refractivity contribution < 1.29 is 14.3 Å². The summed E-state index contributed by atoms with van der Waals surface area (Å²) in [7, 11) is 1.71. The van der Waals surface area contributed by atoms with Crippen LogP contribution in [0.1, 0.15) is 54.8 Å². The number of fused-ring (bicyclic) bond motifs is 2. The Bertz CT molecular complexity index is 1070. The van der Waals surface area contributed by atoms with Gasteiger partial charge in [-0.1, -0.05) is 18.2 Å². The second-order valence-electron chi connectivity index (χ2n) is 8.73. The fraction of sp³-hybridized carbons (Fsp3) is 0.423. The second-order valence-corrected chi connectivity index (χ2v) is 8.73. The number of hydrogen-bond acceptors (Lipinski definition) is 3.